The lowest BCUT2D eigenvalue weighted by Crippen LogP contribution is -2.09. The lowest BCUT2D eigenvalue weighted by molar-refractivity contribution is 0.606. The average Bonchev–Trinajstić information content (AvgIpc) is 2.14. The van der Waals surface area contributed by atoms with Crippen molar-refractivity contribution in [2.75, 3.05) is 11.0 Å². The standard InChI is InChI=1S/C9H11BNO3S/c1-15(13,14)11-9-4-2-8(3-5-9)6-7-10-12/h2-7,11-12H,1H3/b7-6+. The van der Waals surface area contributed by atoms with Gasteiger partial charge < -0.3 is 5.02 Å². The molecule has 0 saturated heterocycles. The minimum Gasteiger partial charge on any atom is -0.450 e. The van der Waals surface area contributed by atoms with Crippen molar-refractivity contribution in [1.82, 2.24) is 0 Å². The third-order valence-electron chi connectivity index (χ3n) is 1.59. The highest BCUT2D eigenvalue weighted by Gasteiger charge is 2.00. The van der Waals surface area contributed by atoms with Crippen LogP contribution in [-0.4, -0.2) is 27.2 Å². The zero-order valence-electron chi connectivity index (χ0n) is 8.21. The van der Waals surface area contributed by atoms with Crippen LogP contribution in [0.2, 0.25) is 0 Å². The van der Waals surface area contributed by atoms with Gasteiger partial charge in [0, 0.05) is 5.69 Å². The number of rotatable bonds is 4. The summed E-state index contributed by atoms with van der Waals surface area (Å²) in [5.41, 5.74) is 1.39. The molecule has 0 aromatic heterocycles. The van der Waals surface area contributed by atoms with Gasteiger partial charge in [-0.05, 0) is 17.7 Å². The summed E-state index contributed by atoms with van der Waals surface area (Å²) < 4.78 is 24.1. The van der Waals surface area contributed by atoms with E-state index in [4.69, 9.17) is 5.02 Å². The Bertz CT molecular complexity index is 439. The first-order valence-electron chi connectivity index (χ1n) is 4.23. The number of anilines is 1. The van der Waals surface area contributed by atoms with Crippen LogP contribution in [0.4, 0.5) is 5.69 Å². The first-order valence-corrected chi connectivity index (χ1v) is 6.12. The van der Waals surface area contributed by atoms with Crippen LogP contribution < -0.4 is 4.72 Å². The number of benzene rings is 1. The van der Waals surface area contributed by atoms with Gasteiger partial charge in [0.15, 0.2) is 0 Å². The first kappa shape index (κ1) is 11.8. The van der Waals surface area contributed by atoms with E-state index < -0.39 is 10.0 Å². The van der Waals surface area contributed by atoms with Crippen molar-refractivity contribution in [3.05, 3.63) is 35.8 Å². The van der Waals surface area contributed by atoms with E-state index >= 15 is 0 Å². The van der Waals surface area contributed by atoms with Crippen molar-refractivity contribution in [1.29, 1.82) is 0 Å². The quantitative estimate of drug-likeness (QED) is 0.737. The van der Waals surface area contributed by atoms with Gasteiger partial charge in [-0.3, -0.25) is 4.72 Å². The van der Waals surface area contributed by atoms with Crippen LogP contribution in [0.1, 0.15) is 5.56 Å². The molecule has 0 spiro atoms. The maximum atomic E-state index is 10.9. The monoisotopic (exact) mass is 224 g/mol. The molecule has 1 rings (SSSR count). The van der Waals surface area contributed by atoms with E-state index in [0.29, 0.717) is 5.69 Å². The molecule has 1 aromatic rings. The molecule has 4 nitrogen and oxygen atoms in total. The summed E-state index contributed by atoms with van der Waals surface area (Å²) in [6.07, 6.45) is 2.80. The molecule has 0 amide bonds. The minimum absolute atomic E-state index is 0.516. The van der Waals surface area contributed by atoms with Gasteiger partial charge in [0.25, 0.3) is 0 Å². The first-order chi connectivity index (χ1) is 7.01. The normalized spacial score (nSPS) is 11.6. The molecule has 6 heteroatoms. The Kier molecular flexibility index (Phi) is 3.93. The van der Waals surface area contributed by atoms with E-state index in [1.165, 1.54) is 5.98 Å². The van der Waals surface area contributed by atoms with Gasteiger partial charge in [-0.1, -0.05) is 24.2 Å². The smallest absolute Gasteiger partial charge is 0.318 e. The molecule has 1 radical (unpaired) electrons. The summed E-state index contributed by atoms with van der Waals surface area (Å²) in [7, 11) is -2.29. The zero-order valence-corrected chi connectivity index (χ0v) is 9.03. The van der Waals surface area contributed by atoms with E-state index in [9.17, 15) is 8.42 Å². The molecule has 2 N–H and O–H groups in total. The number of nitrogens with one attached hydrogen (secondary N) is 1. The molecule has 0 unspecified atom stereocenters. The zero-order chi connectivity index (χ0) is 11.3. The Morgan fingerprint density at radius 3 is 2.40 bits per heavy atom. The van der Waals surface area contributed by atoms with E-state index in [1.807, 2.05) is 0 Å². The topological polar surface area (TPSA) is 66.4 Å². The van der Waals surface area contributed by atoms with Gasteiger partial charge in [-0.25, -0.2) is 8.42 Å². The second-order valence-electron chi connectivity index (χ2n) is 3.00. The molecule has 0 saturated carbocycles. The molecule has 0 atom stereocenters. The molecule has 15 heavy (non-hydrogen) atoms. The number of sulfonamides is 1. The Morgan fingerprint density at radius 2 is 1.93 bits per heavy atom. The fourth-order valence-electron chi connectivity index (χ4n) is 1.03. The number of hydrogen-bond acceptors (Lipinski definition) is 3. The van der Waals surface area contributed by atoms with Crippen LogP contribution in [0, 0.1) is 0 Å². The van der Waals surface area contributed by atoms with Crippen molar-refractivity contribution in [3.8, 4) is 0 Å². The maximum absolute atomic E-state index is 10.9. The maximum Gasteiger partial charge on any atom is 0.318 e. The molecule has 0 aliphatic carbocycles. The fourth-order valence-corrected chi connectivity index (χ4v) is 1.59. The van der Waals surface area contributed by atoms with Crippen LogP contribution in [0.5, 0.6) is 0 Å². The van der Waals surface area contributed by atoms with Crippen LogP contribution in [0.3, 0.4) is 0 Å². The van der Waals surface area contributed by atoms with Crippen LogP contribution in [0.15, 0.2) is 30.2 Å². The second kappa shape index (κ2) is 5.00. The van der Waals surface area contributed by atoms with E-state index in [-0.39, 0.29) is 0 Å². The summed E-state index contributed by atoms with van der Waals surface area (Å²) in [5, 5.41) is 8.43. The van der Waals surface area contributed by atoms with Crippen molar-refractivity contribution in [3.63, 3.8) is 0 Å². The Morgan fingerprint density at radius 1 is 1.33 bits per heavy atom. The Balaban J connectivity index is 2.77. The predicted octanol–water partition coefficient (Wildman–Crippen LogP) is 0.640. The van der Waals surface area contributed by atoms with E-state index in [1.54, 1.807) is 30.3 Å². The lowest BCUT2D eigenvalue weighted by atomic mass is 10.0. The average molecular weight is 224 g/mol. The van der Waals surface area contributed by atoms with Gasteiger partial charge in [0.2, 0.25) is 10.0 Å². The van der Waals surface area contributed by atoms with Crippen molar-refractivity contribution < 1.29 is 13.4 Å². The van der Waals surface area contributed by atoms with E-state index in [2.05, 4.69) is 4.72 Å². The Labute approximate surface area is 90.0 Å². The Hall–Kier alpha value is -1.27. The minimum atomic E-state index is -3.22. The highest BCUT2D eigenvalue weighted by molar-refractivity contribution is 7.92. The predicted molar refractivity (Wildman–Crippen MR) is 61.9 cm³/mol. The summed E-state index contributed by atoms with van der Waals surface area (Å²) in [6.45, 7) is 0. The van der Waals surface area contributed by atoms with Crippen molar-refractivity contribution >= 4 is 29.3 Å². The molecule has 79 valence electrons. The summed E-state index contributed by atoms with van der Waals surface area (Å²) >= 11 is 0. The van der Waals surface area contributed by atoms with E-state index in [0.717, 1.165) is 19.3 Å². The molecule has 0 fully saturated rings. The SMILES string of the molecule is CS(=O)(=O)Nc1ccc(/C=C/[B]O)cc1. The molecule has 0 heterocycles. The molecule has 0 bridgehead atoms. The van der Waals surface area contributed by atoms with Crippen LogP contribution >= 0.6 is 0 Å². The van der Waals surface area contributed by atoms with Gasteiger partial charge in [0.1, 0.15) is 0 Å². The summed E-state index contributed by atoms with van der Waals surface area (Å²) in [6, 6.07) is 6.79. The van der Waals surface area contributed by atoms with Crippen LogP contribution in [-0.2, 0) is 10.0 Å². The highest BCUT2D eigenvalue weighted by Crippen LogP contribution is 2.11. The molecule has 0 aliphatic rings. The number of hydrogen-bond donors (Lipinski definition) is 2. The summed E-state index contributed by atoms with van der Waals surface area (Å²) in [4.78, 5) is 0. The molecule has 1 aromatic carbocycles. The lowest BCUT2D eigenvalue weighted by Gasteiger charge is -2.03. The van der Waals surface area contributed by atoms with Gasteiger partial charge >= 0.3 is 7.48 Å². The van der Waals surface area contributed by atoms with Gasteiger partial charge in [-0.2, -0.15) is 0 Å². The second-order valence-corrected chi connectivity index (χ2v) is 4.75. The van der Waals surface area contributed by atoms with Crippen LogP contribution in [0.25, 0.3) is 6.08 Å². The fraction of sp³-hybridized carbons (Fsp3) is 0.111. The highest BCUT2D eigenvalue weighted by atomic mass is 32.2. The van der Waals surface area contributed by atoms with Crippen molar-refractivity contribution in [2.45, 2.75) is 0 Å². The summed E-state index contributed by atoms with van der Waals surface area (Å²) in [5.74, 6) is 1.49. The largest absolute Gasteiger partial charge is 0.450 e. The van der Waals surface area contributed by atoms with Crippen molar-refractivity contribution in [2.24, 2.45) is 0 Å². The van der Waals surface area contributed by atoms with Gasteiger partial charge in [0.05, 0.1) is 6.26 Å². The molecular weight excluding hydrogens is 213 g/mol. The third kappa shape index (κ3) is 4.67. The third-order valence-corrected chi connectivity index (χ3v) is 2.20. The molecule has 0 aliphatic heterocycles. The van der Waals surface area contributed by atoms with Gasteiger partial charge in [-0.15, -0.1) is 0 Å². The molecular formula is C9H11BNO3S.